The molecule has 1 fully saturated rings. The molecule has 0 radical (unpaired) electrons. The first-order valence-electron chi connectivity index (χ1n) is 11.2. The van der Waals surface area contributed by atoms with E-state index in [1.807, 2.05) is 53.2 Å². The van der Waals surface area contributed by atoms with Gasteiger partial charge in [0.25, 0.3) is 0 Å². The highest BCUT2D eigenvalue weighted by Crippen LogP contribution is 2.27. The molecule has 2 heterocycles. The van der Waals surface area contributed by atoms with Gasteiger partial charge in [0, 0.05) is 31.8 Å². The van der Waals surface area contributed by atoms with Gasteiger partial charge < -0.3 is 20.3 Å². The van der Waals surface area contributed by atoms with Gasteiger partial charge in [-0.1, -0.05) is 49.7 Å². The molecule has 2 aromatic carbocycles. The van der Waals surface area contributed by atoms with Crippen molar-refractivity contribution in [1.82, 2.24) is 20.0 Å². The molecule has 3 aromatic rings. The lowest BCUT2D eigenvalue weighted by Crippen LogP contribution is -2.44. The number of amides is 3. The number of anilines is 1. The van der Waals surface area contributed by atoms with E-state index in [1.165, 1.54) is 10.5 Å². The van der Waals surface area contributed by atoms with Gasteiger partial charge in [0.2, 0.25) is 5.91 Å². The van der Waals surface area contributed by atoms with E-state index in [0.29, 0.717) is 19.0 Å². The largest absolute Gasteiger partial charge is 0.383 e. The van der Waals surface area contributed by atoms with Crippen LogP contribution in [0.2, 0.25) is 0 Å². The van der Waals surface area contributed by atoms with Gasteiger partial charge in [0.05, 0.1) is 18.0 Å². The number of aryl methyl sites for hydroxylation is 1. The zero-order valence-corrected chi connectivity index (χ0v) is 19.0. The van der Waals surface area contributed by atoms with Crippen LogP contribution in [0.25, 0.3) is 16.9 Å². The molecule has 0 spiro atoms. The normalized spacial score (nSPS) is 15.5. The number of carbonyl (C=O) groups excluding carboxylic acids is 2. The van der Waals surface area contributed by atoms with E-state index >= 15 is 0 Å². The number of methoxy groups -OCH3 is 1. The number of nitrogens with zero attached hydrogens (tertiary/aromatic N) is 3. The molecule has 1 aliphatic rings. The lowest BCUT2D eigenvalue weighted by molar-refractivity contribution is -0.119. The van der Waals surface area contributed by atoms with Crippen molar-refractivity contribution in [3.05, 3.63) is 66.2 Å². The minimum atomic E-state index is -0.620. The maximum atomic E-state index is 13.0. The monoisotopic (exact) mass is 447 g/mol. The van der Waals surface area contributed by atoms with E-state index in [9.17, 15) is 9.59 Å². The number of benzene rings is 2. The molecule has 3 amide bonds. The number of urea groups is 1. The Kier molecular flexibility index (Phi) is 7.04. The molecule has 0 bridgehead atoms. The number of hydrogen-bond donors (Lipinski definition) is 2. The average Bonchev–Trinajstić information content (AvgIpc) is 3.42. The molecule has 4 rings (SSSR count). The lowest BCUT2D eigenvalue weighted by Gasteiger charge is -2.21. The highest BCUT2D eigenvalue weighted by Gasteiger charge is 2.36. The summed E-state index contributed by atoms with van der Waals surface area (Å²) in [5.41, 5.74) is 4.06. The molecule has 172 valence electrons. The van der Waals surface area contributed by atoms with Crippen molar-refractivity contribution in [3.63, 3.8) is 0 Å². The van der Waals surface area contributed by atoms with Crippen molar-refractivity contribution < 1.29 is 14.3 Å². The van der Waals surface area contributed by atoms with Crippen molar-refractivity contribution in [1.29, 1.82) is 0 Å². The molecule has 1 atom stereocenters. The summed E-state index contributed by atoms with van der Waals surface area (Å²) in [6.07, 6.45) is 2.06. The maximum Gasteiger partial charge on any atom is 0.318 e. The van der Waals surface area contributed by atoms with Crippen LogP contribution in [0.4, 0.5) is 10.6 Å². The fourth-order valence-corrected chi connectivity index (χ4v) is 4.02. The summed E-state index contributed by atoms with van der Waals surface area (Å²) in [5, 5.41) is 10.3. The summed E-state index contributed by atoms with van der Waals surface area (Å²) in [6, 6.07) is 19.2. The first-order chi connectivity index (χ1) is 16.1. The van der Waals surface area contributed by atoms with Gasteiger partial charge >= 0.3 is 6.03 Å². The molecule has 33 heavy (non-hydrogen) atoms. The predicted molar refractivity (Wildman–Crippen MR) is 127 cm³/mol. The van der Waals surface area contributed by atoms with Crippen molar-refractivity contribution in [2.24, 2.45) is 0 Å². The van der Waals surface area contributed by atoms with Gasteiger partial charge in [0.15, 0.2) is 5.82 Å². The van der Waals surface area contributed by atoms with Crippen LogP contribution < -0.4 is 10.6 Å². The van der Waals surface area contributed by atoms with E-state index < -0.39 is 6.04 Å². The lowest BCUT2D eigenvalue weighted by atomic mass is 10.0. The van der Waals surface area contributed by atoms with Gasteiger partial charge in [-0.25, -0.2) is 9.48 Å². The Morgan fingerprint density at radius 2 is 2.00 bits per heavy atom. The van der Waals surface area contributed by atoms with Crippen LogP contribution in [-0.4, -0.2) is 59.5 Å². The molecular formula is C25H29N5O3. The second-order valence-electron chi connectivity index (χ2n) is 7.99. The van der Waals surface area contributed by atoms with Crippen molar-refractivity contribution in [3.8, 4) is 16.9 Å². The van der Waals surface area contributed by atoms with Crippen LogP contribution in [0.15, 0.2) is 60.7 Å². The maximum absolute atomic E-state index is 13.0. The minimum absolute atomic E-state index is 0.250. The standard InChI is InChI=1S/C25H29N5O3/c1-3-8-18-9-7-10-19(15-18)21-16-23(28-30(21)20-11-5-4-6-12-20)27-24(31)22-17-26-25(32)29(22)13-14-33-2/h4-7,9-12,15-16,22H,3,8,13-14,17H2,1-2H3,(H,26,32)(H,27,28,31)/t22-/m0/s1. The van der Waals surface area contributed by atoms with Gasteiger partial charge in [-0.15, -0.1) is 5.10 Å². The second kappa shape index (κ2) is 10.3. The van der Waals surface area contributed by atoms with E-state index in [1.54, 1.807) is 7.11 Å². The van der Waals surface area contributed by atoms with Crippen LogP contribution in [0, 0.1) is 0 Å². The molecule has 8 nitrogen and oxygen atoms in total. The Hall–Kier alpha value is -3.65. The first kappa shape index (κ1) is 22.5. The first-order valence-corrected chi connectivity index (χ1v) is 11.2. The summed E-state index contributed by atoms with van der Waals surface area (Å²) in [5.74, 6) is 0.152. The van der Waals surface area contributed by atoms with Crippen LogP contribution in [-0.2, 0) is 16.0 Å². The third kappa shape index (κ3) is 5.06. The van der Waals surface area contributed by atoms with E-state index in [4.69, 9.17) is 4.74 Å². The highest BCUT2D eigenvalue weighted by atomic mass is 16.5. The number of hydrogen-bond acceptors (Lipinski definition) is 4. The van der Waals surface area contributed by atoms with Gasteiger partial charge in [-0.05, 0) is 30.2 Å². The molecule has 0 aliphatic carbocycles. The van der Waals surface area contributed by atoms with Crippen molar-refractivity contribution in [2.45, 2.75) is 25.8 Å². The van der Waals surface area contributed by atoms with Crippen LogP contribution in [0.3, 0.4) is 0 Å². The Bertz CT molecular complexity index is 1110. The molecule has 8 heteroatoms. The molecule has 1 saturated heterocycles. The molecule has 0 saturated carbocycles. The zero-order chi connectivity index (χ0) is 23.2. The van der Waals surface area contributed by atoms with Crippen LogP contribution in [0.5, 0.6) is 0 Å². The molecule has 2 N–H and O–H groups in total. The predicted octanol–water partition coefficient (Wildman–Crippen LogP) is 3.47. The van der Waals surface area contributed by atoms with Crippen LogP contribution in [0.1, 0.15) is 18.9 Å². The Morgan fingerprint density at radius 3 is 2.76 bits per heavy atom. The number of nitrogens with one attached hydrogen (secondary N) is 2. The third-order valence-corrected chi connectivity index (χ3v) is 5.65. The summed E-state index contributed by atoms with van der Waals surface area (Å²) in [6.45, 7) is 3.11. The van der Waals surface area contributed by atoms with Crippen molar-refractivity contribution in [2.75, 3.05) is 32.1 Å². The van der Waals surface area contributed by atoms with Gasteiger partial charge in [0.1, 0.15) is 6.04 Å². The van der Waals surface area contributed by atoms with Crippen molar-refractivity contribution >= 4 is 17.8 Å². The molecule has 0 unspecified atom stereocenters. The van der Waals surface area contributed by atoms with Gasteiger partial charge in [-0.2, -0.15) is 0 Å². The number of ether oxygens (including phenoxy) is 1. The Balaban J connectivity index is 1.64. The summed E-state index contributed by atoms with van der Waals surface area (Å²) >= 11 is 0. The SMILES string of the molecule is CCCc1cccc(-c2cc(NC(=O)[C@@H]3CNC(=O)N3CCOC)nn2-c2ccccc2)c1. The number of carbonyl (C=O) groups is 2. The Labute approximate surface area is 193 Å². The smallest absolute Gasteiger partial charge is 0.318 e. The van der Waals surface area contributed by atoms with Gasteiger partial charge in [-0.3, -0.25) is 4.79 Å². The summed E-state index contributed by atoms with van der Waals surface area (Å²) in [7, 11) is 1.57. The topological polar surface area (TPSA) is 88.5 Å². The highest BCUT2D eigenvalue weighted by molar-refractivity contribution is 5.98. The fraction of sp³-hybridized carbons (Fsp3) is 0.320. The minimum Gasteiger partial charge on any atom is -0.383 e. The molecular weight excluding hydrogens is 418 g/mol. The van der Waals surface area contributed by atoms with E-state index in [-0.39, 0.29) is 18.5 Å². The zero-order valence-electron chi connectivity index (χ0n) is 19.0. The van der Waals surface area contributed by atoms with E-state index in [0.717, 1.165) is 29.8 Å². The quantitative estimate of drug-likeness (QED) is 0.526. The number of rotatable bonds is 9. The number of aromatic nitrogens is 2. The number of para-hydroxylation sites is 1. The fourth-order valence-electron chi connectivity index (χ4n) is 4.02. The molecule has 1 aliphatic heterocycles. The van der Waals surface area contributed by atoms with Crippen LogP contribution >= 0.6 is 0 Å². The molecule has 1 aromatic heterocycles. The summed E-state index contributed by atoms with van der Waals surface area (Å²) in [4.78, 5) is 26.6. The summed E-state index contributed by atoms with van der Waals surface area (Å²) < 4.78 is 6.91. The third-order valence-electron chi connectivity index (χ3n) is 5.65. The Morgan fingerprint density at radius 1 is 1.18 bits per heavy atom. The average molecular weight is 448 g/mol. The van der Waals surface area contributed by atoms with E-state index in [2.05, 4.69) is 34.8 Å². The second-order valence-corrected chi connectivity index (χ2v) is 7.99.